The molecule has 0 aromatic rings. The molecule has 0 aliphatic carbocycles. The minimum absolute atomic E-state index is 0.00653. The maximum atomic E-state index is 11.9. The quantitative estimate of drug-likeness (QED) is 0.687. The number of nitrogens with one attached hydrogen (secondary N) is 1. The van der Waals surface area contributed by atoms with Gasteiger partial charge in [0.15, 0.2) is 0 Å². The van der Waals surface area contributed by atoms with Crippen LogP contribution in [0.1, 0.15) is 20.8 Å². The Bertz CT molecular complexity index is 297. The molecule has 3 N–H and O–H groups in total. The van der Waals surface area contributed by atoms with Crippen molar-refractivity contribution < 1.29 is 14.3 Å². The summed E-state index contributed by atoms with van der Waals surface area (Å²) in [4.78, 5) is 14.0. The Morgan fingerprint density at radius 3 is 2.89 bits per heavy atom. The number of methoxy groups -OCH3 is 1. The fourth-order valence-corrected chi connectivity index (χ4v) is 2.48. The van der Waals surface area contributed by atoms with Crippen molar-refractivity contribution in [2.24, 2.45) is 5.73 Å². The zero-order valence-electron chi connectivity index (χ0n) is 12.4. The van der Waals surface area contributed by atoms with Crippen LogP contribution in [-0.4, -0.2) is 68.4 Å². The summed E-state index contributed by atoms with van der Waals surface area (Å²) >= 11 is 0. The summed E-state index contributed by atoms with van der Waals surface area (Å²) in [6.45, 7) is 8.76. The molecule has 0 radical (unpaired) electrons. The van der Waals surface area contributed by atoms with E-state index in [0.29, 0.717) is 26.2 Å². The highest BCUT2D eigenvalue weighted by Crippen LogP contribution is 2.20. The molecule has 1 saturated heterocycles. The third-order valence-electron chi connectivity index (χ3n) is 3.01. The molecule has 1 heterocycles. The van der Waals surface area contributed by atoms with Crippen molar-refractivity contribution in [1.82, 2.24) is 10.2 Å². The fourth-order valence-electron chi connectivity index (χ4n) is 2.48. The summed E-state index contributed by atoms with van der Waals surface area (Å²) in [7, 11) is 1.62. The monoisotopic (exact) mass is 273 g/mol. The lowest BCUT2D eigenvalue weighted by molar-refractivity contribution is -0.141. The van der Waals surface area contributed by atoms with E-state index in [4.69, 9.17) is 15.2 Å². The Morgan fingerprint density at radius 1 is 1.63 bits per heavy atom. The number of nitrogens with two attached hydrogens (primary N) is 1. The molecule has 0 spiro atoms. The number of hydrogen-bond acceptors (Lipinski definition) is 5. The first-order valence-electron chi connectivity index (χ1n) is 6.75. The van der Waals surface area contributed by atoms with Gasteiger partial charge in [0, 0.05) is 32.8 Å². The Labute approximate surface area is 115 Å². The number of hydrogen-bond donors (Lipinski definition) is 2. The SMILES string of the molecule is COCC(C)NC(=O)CN1CC(CN)OC(C)(C)C1. The zero-order chi connectivity index (χ0) is 14.5. The fraction of sp³-hybridized carbons (Fsp3) is 0.923. The number of amides is 1. The molecule has 112 valence electrons. The smallest absolute Gasteiger partial charge is 0.234 e. The van der Waals surface area contributed by atoms with E-state index in [0.717, 1.165) is 6.54 Å². The van der Waals surface area contributed by atoms with Gasteiger partial charge in [-0.2, -0.15) is 0 Å². The van der Waals surface area contributed by atoms with E-state index >= 15 is 0 Å². The number of rotatable bonds is 6. The van der Waals surface area contributed by atoms with Gasteiger partial charge in [-0.25, -0.2) is 0 Å². The Hall–Kier alpha value is -0.690. The van der Waals surface area contributed by atoms with Gasteiger partial charge >= 0.3 is 0 Å². The number of carbonyl (C=O) groups excluding carboxylic acids is 1. The topological polar surface area (TPSA) is 76.8 Å². The molecule has 1 rings (SSSR count). The highest BCUT2D eigenvalue weighted by Gasteiger charge is 2.33. The van der Waals surface area contributed by atoms with Crippen molar-refractivity contribution in [3.63, 3.8) is 0 Å². The third-order valence-corrected chi connectivity index (χ3v) is 3.01. The number of carbonyl (C=O) groups is 1. The van der Waals surface area contributed by atoms with Crippen LogP contribution < -0.4 is 11.1 Å². The van der Waals surface area contributed by atoms with Gasteiger partial charge < -0.3 is 20.5 Å². The van der Waals surface area contributed by atoms with E-state index in [1.165, 1.54) is 0 Å². The predicted octanol–water partition coefficient (Wildman–Crippen LogP) is -0.424. The standard InChI is InChI=1S/C13H27N3O3/c1-10(8-18-4)15-12(17)7-16-6-11(5-14)19-13(2,3)9-16/h10-11H,5-9,14H2,1-4H3,(H,15,17). The van der Waals surface area contributed by atoms with Gasteiger partial charge in [-0.05, 0) is 20.8 Å². The second-order valence-corrected chi connectivity index (χ2v) is 5.83. The van der Waals surface area contributed by atoms with Gasteiger partial charge in [0.05, 0.1) is 24.9 Å². The highest BCUT2D eigenvalue weighted by atomic mass is 16.5. The van der Waals surface area contributed by atoms with Crippen LogP contribution in [0.15, 0.2) is 0 Å². The van der Waals surface area contributed by atoms with Gasteiger partial charge in [-0.15, -0.1) is 0 Å². The van der Waals surface area contributed by atoms with E-state index in [1.807, 2.05) is 20.8 Å². The lowest BCUT2D eigenvalue weighted by Gasteiger charge is -2.42. The number of nitrogens with zero attached hydrogens (tertiary/aromatic N) is 1. The van der Waals surface area contributed by atoms with Crippen molar-refractivity contribution >= 4 is 5.91 Å². The largest absolute Gasteiger partial charge is 0.383 e. The van der Waals surface area contributed by atoms with Crippen molar-refractivity contribution in [2.75, 3.05) is 39.9 Å². The van der Waals surface area contributed by atoms with Gasteiger partial charge in [0.25, 0.3) is 0 Å². The zero-order valence-corrected chi connectivity index (χ0v) is 12.4. The molecule has 19 heavy (non-hydrogen) atoms. The molecule has 1 fully saturated rings. The molecule has 6 nitrogen and oxygen atoms in total. The highest BCUT2D eigenvalue weighted by molar-refractivity contribution is 5.78. The summed E-state index contributed by atoms with van der Waals surface area (Å²) < 4.78 is 10.8. The summed E-state index contributed by atoms with van der Waals surface area (Å²) in [6.07, 6.45) is -0.00653. The molecule has 0 aromatic carbocycles. The van der Waals surface area contributed by atoms with Gasteiger partial charge in [-0.3, -0.25) is 9.69 Å². The third kappa shape index (κ3) is 5.86. The predicted molar refractivity (Wildman–Crippen MR) is 73.9 cm³/mol. The van der Waals surface area contributed by atoms with Crippen LogP contribution in [0.2, 0.25) is 0 Å². The molecule has 0 aromatic heterocycles. The minimum atomic E-state index is -0.263. The van der Waals surface area contributed by atoms with Crippen molar-refractivity contribution in [3.8, 4) is 0 Å². The van der Waals surface area contributed by atoms with Gasteiger partial charge in [0.1, 0.15) is 0 Å². The molecular weight excluding hydrogens is 246 g/mol. The Morgan fingerprint density at radius 2 is 2.32 bits per heavy atom. The van der Waals surface area contributed by atoms with Crippen LogP contribution in [0.4, 0.5) is 0 Å². The molecule has 0 saturated carbocycles. The maximum Gasteiger partial charge on any atom is 0.234 e. The van der Waals surface area contributed by atoms with Crippen LogP contribution in [0, 0.1) is 0 Å². The second kappa shape index (κ2) is 7.19. The van der Waals surface area contributed by atoms with E-state index in [-0.39, 0.29) is 23.7 Å². The molecule has 1 aliphatic rings. The molecule has 6 heteroatoms. The van der Waals surface area contributed by atoms with Gasteiger partial charge in [-0.1, -0.05) is 0 Å². The lowest BCUT2D eigenvalue weighted by atomic mass is 10.1. The maximum absolute atomic E-state index is 11.9. The van der Waals surface area contributed by atoms with Crippen LogP contribution in [0.3, 0.4) is 0 Å². The van der Waals surface area contributed by atoms with Crippen LogP contribution in [-0.2, 0) is 14.3 Å². The number of ether oxygens (including phenoxy) is 2. The van der Waals surface area contributed by atoms with Crippen LogP contribution in [0.5, 0.6) is 0 Å². The molecule has 1 amide bonds. The van der Waals surface area contributed by atoms with Crippen LogP contribution in [0.25, 0.3) is 0 Å². The van der Waals surface area contributed by atoms with E-state index in [2.05, 4.69) is 10.2 Å². The first kappa shape index (κ1) is 16.4. The van der Waals surface area contributed by atoms with E-state index < -0.39 is 0 Å². The molecule has 2 atom stereocenters. The van der Waals surface area contributed by atoms with Gasteiger partial charge in [0.2, 0.25) is 5.91 Å². The molecule has 2 unspecified atom stereocenters. The van der Waals surface area contributed by atoms with Crippen LogP contribution >= 0.6 is 0 Å². The minimum Gasteiger partial charge on any atom is -0.383 e. The van der Waals surface area contributed by atoms with Crippen molar-refractivity contribution in [1.29, 1.82) is 0 Å². The normalized spacial score (nSPS) is 25.0. The number of morpholine rings is 1. The lowest BCUT2D eigenvalue weighted by Crippen LogP contribution is -2.57. The summed E-state index contributed by atoms with van der Waals surface area (Å²) in [5.74, 6) is 0.0121. The molecule has 1 aliphatic heterocycles. The molecule has 0 bridgehead atoms. The van der Waals surface area contributed by atoms with Crippen molar-refractivity contribution in [3.05, 3.63) is 0 Å². The summed E-state index contributed by atoms with van der Waals surface area (Å²) in [5.41, 5.74) is 5.41. The summed E-state index contributed by atoms with van der Waals surface area (Å²) in [5, 5.41) is 2.91. The second-order valence-electron chi connectivity index (χ2n) is 5.83. The van der Waals surface area contributed by atoms with E-state index in [1.54, 1.807) is 7.11 Å². The average molecular weight is 273 g/mol. The Kier molecular flexibility index (Phi) is 6.19. The van der Waals surface area contributed by atoms with Crippen molar-refractivity contribution in [2.45, 2.75) is 38.5 Å². The summed E-state index contributed by atoms with van der Waals surface area (Å²) in [6, 6.07) is 0.0249. The first-order chi connectivity index (χ1) is 8.86. The first-order valence-corrected chi connectivity index (χ1v) is 6.75. The average Bonchev–Trinajstić information content (AvgIpc) is 2.26. The van der Waals surface area contributed by atoms with E-state index in [9.17, 15) is 4.79 Å². The Balaban J connectivity index is 2.44. The molecular formula is C13H27N3O3.